The van der Waals surface area contributed by atoms with E-state index in [1.165, 1.54) is 50.8 Å². The van der Waals surface area contributed by atoms with Gasteiger partial charge in [0.1, 0.15) is 0 Å². The second-order valence-corrected chi connectivity index (χ2v) is 3.91. The Morgan fingerprint density at radius 2 is 2.18 bits per heavy atom. The highest BCUT2D eigenvalue weighted by atomic mass is 15.2. The Kier molecular flexibility index (Phi) is 1.99. The van der Waals surface area contributed by atoms with Gasteiger partial charge in [0.05, 0.1) is 0 Å². The minimum atomic E-state index is 0.911. The lowest BCUT2D eigenvalue weighted by molar-refractivity contribution is 0.133. The van der Waals surface area contributed by atoms with Gasteiger partial charge in [0.15, 0.2) is 0 Å². The summed E-state index contributed by atoms with van der Waals surface area (Å²) in [5, 5.41) is 0. The molecule has 0 saturated carbocycles. The maximum absolute atomic E-state index is 4.06. The van der Waals surface area contributed by atoms with Crippen LogP contribution in [0.15, 0.2) is 12.2 Å². The molecule has 1 unspecified atom stereocenters. The van der Waals surface area contributed by atoms with Crippen LogP contribution in [0.5, 0.6) is 0 Å². The second kappa shape index (κ2) is 2.98. The molecule has 0 N–H and O–H groups in total. The molecule has 0 aromatic heterocycles. The Morgan fingerprint density at radius 3 is 3.09 bits per heavy atom. The van der Waals surface area contributed by atoms with E-state index in [1.807, 2.05) is 0 Å². The van der Waals surface area contributed by atoms with E-state index in [-0.39, 0.29) is 0 Å². The summed E-state index contributed by atoms with van der Waals surface area (Å²) in [6.07, 6.45) is 6.95. The molecule has 1 heteroatoms. The van der Waals surface area contributed by atoms with Crippen molar-refractivity contribution in [3.05, 3.63) is 12.2 Å². The van der Waals surface area contributed by atoms with E-state index < -0.39 is 0 Å². The summed E-state index contributed by atoms with van der Waals surface area (Å²) in [6, 6.07) is 0.911. The highest BCUT2D eigenvalue weighted by molar-refractivity contribution is 5.03. The minimum absolute atomic E-state index is 0.911. The first-order valence-electron chi connectivity index (χ1n) is 4.77. The average Bonchev–Trinajstić information content (AvgIpc) is 2.04. The topological polar surface area (TPSA) is 3.24 Å². The molecule has 0 aromatic rings. The lowest BCUT2D eigenvalue weighted by Crippen LogP contribution is -2.43. The van der Waals surface area contributed by atoms with Gasteiger partial charge in [-0.1, -0.05) is 18.6 Å². The summed E-state index contributed by atoms with van der Waals surface area (Å²) in [6.45, 7) is 6.57. The zero-order chi connectivity index (χ0) is 7.68. The normalized spacial score (nSPS) is 33.5. The van der Waals surface area contributed by atoms with Crippen LogP contribution < -0.4 is 0 Å². The second-order valence-electron chi connectivity index (χ2n) is 3.91. The molecule has 0 aliphatic carbocycles. The molecular formula is C10H17N. The van der Waals surface area contributed by atoms with E-state index in [9.17, 15) is 0 Å². The Labute approximate surface area is 69.1 Å². The van der Waals surface area contributed by atoms with Crippen LogP contribution in [-0.2, 0) is 0 Å². The van der Waals surface area contributed by atoms with Crippen molar-refractivity contribution < 1.29 is 0 Å². The van der Waals surface area contributed by atoms with Crippen molar-refractivity contribution in [1.82, 2.24) is 4.90 Å². The van der Waals surface area contributed by atoms with Crippen molar-refractivity contribution in [3.63, 3.8) is 0 Å². The molecule has 0 amide bonds. The van der Waals surface area contributed by atoms with Crippen LogP contribution in [0.4, 0.5) is 0 Å². The number of nitrogens with zero attached hydrogens (tertiary/aromatic N) is 1. The fourth-order valence-electron chi connectivity index (χ4n) is 2.33. The molecule has 2 fully saturated rings. The standard InChI is InChI=1S/C10H17N/c1-9-5-6-10-4-2-3-7-11(10)8-9/h10H,1-8H2. The van der Waals surface area contributed by atoms with Gasteiger partial charge >= 0.3 is 0 Å². The van der Waals surface area contributed by atoms with Crippen molar-refractivity contribution in [1.29, 1.82) is 0 Å². The lowest BCUT2D eigenvalue weighted by Gasteiger charge is -2.40. The molecule has 1 nitrogen and oxygen atoms in total. The highest BCUT2D eigenvalue weighted by Gasteiger charge is 2.25. The summed E-state index contributed by atoms with van der Waals surface area (Å²) in [7, 11) is 0. The Morgan fingerprint density at radius 1 is 1.27 bits per heavy atom. The molecule has 1 atom stereocenters. The van der Waals surface area contributed by atoms with Crippen molar-refractivity contribution in [3.8, 4) is 0 Å². The first-order valence-corrected chi connectivity index (χ1v) is 4.77. The maximum atomic E-state index is 4.06. The molecule has 0 aromatic carbocycles. The fourth-order valence-corrected chi connectivity index (χ4v) is 2.33. The van der Waals surface area contributed by atoms with Crippen LogP contribution in [0, 0.1) is 0 Å². The van der Waals surface area contributed by atoms with Gasteiger partial charge in [-0.25, -0.2) is 0 Å². The monoisotopic (exact) mass is 151 g/mol. The van der Waals surface area contributed by atoms with E-state index in [1.54, 1.807) is 0 Å². The minimum Gasteiger partial charge on any atom is -0.296 e. The Hall–Kier alpha value is -0.300. The van der Waals surface area contributed by atoms with Crippen LogP contribution >= 0.6 is 0 Å². The molecule has 2 aliphatic rings. The molecule has 0 spiro atoms. The van der Waals surface area contributed by atoms with E-state index in [2.05, 4.69) is 11.5 Å². The summed E-state index contributed by atoms with van der Waals surface area (Å²) in [4.78, 5) is 2.62. The van der Waals surface area contributed by atoms with Crippen LogP contribution in [0.25, 0.3) is 0 Å². The van der Waals surface area contributed by atoms with E-state index in [4.69, 9.17) is 0 Å². The van der Waals surface area contributed by atoms with Gasteiger partial charge in [-0.2, -0.15) is 0 Å². The summed E-state index contributed by atoms with van der Waals surface area (Å²) in [5.41, 5.74) is 1.45. The Bertz CT molecular complexity index is 162. The van der Waals surface area contributed by atoms with Crippen LogP contribution in [0.2, 0.25) is 0 Å². The van der Waals surface area contributed by atoms with Gasteiger partial charge in [0, 0.05) is 12.6 Å². The SMILES string of the molecule is C=C1CCC2CCCCN2C1. The first kappa shape index (κ1) is 7.35. The predicted molar refractivity (Wildman–Crippen MR) is 47.6 cm³/mol. The van der Waals surface area contributed by atoms with Gasteiger partial charge < -0.3 is 0 Å². The van der Waals surface area contributed by atoms with Gasteiger partial charge in [-0.05, 0) is 32.2 Å². The lowest BCUT2D eigenvalue weighted by atomic mass is 9.91. The van der Waals surface area contributed by atoms with Gasteiger partial charge in [0.25, 0.3) is 0 Å². The summed E-state index contributed by atoms with van der Waals surface area (Å²) in [5.74, 6) is 0. The first-order chi connectivity index (χ1) is 5.36. The molecule has 62 valence electrons. The molecule has 0 bridgehead atoms. The molecule has 2 aliphatic heterocycles. The Balaban J connectivity index is 1.98. The third-order valence-electron chi connectivity index (χ3n) is 3.01. The van der Waals surface area contributed by atoms with Gasteiger partial charge in [0.2, 0.25) is 0 Å². The van der Waals surface area contributed by atoms with Gasteiger partial charge in [-0.3, -0.25) is 4.90 Å². The smallest absolute Gasteiger partial charge is 0.0193 e. The zero-order valence-electron chi connectivity index (χ0n) is 7.18. The van der Waals surface area contributed by atoms with E-state index >= 15 is 0 Å². The quantitative estimate of drug-likeness (QED) is 0.480. The van der Waals surface area contributed by atoms with E-state index in [0.29, 0.717) is 0 Å². The van der Waals surface area contributed by atoms with Crippen molar-refractivity contribution in [2.45, 2.75) is 38.1 Å². The third kappa shape index (κ3) is 1.48. The number of rotatable bonds is 0. The summed E-state index contributed by atoms with van der Waals surface area (Å²) >= 11 is 0. The zero-order valence-corrected chi connectivity index (χ0v) is 7.18. The number of fused-ring (bicyclic) bond motifs is 1. The average molecular weight is 151 g/mol. The number of piperidine rings is 2. The summed E-state index contributed by atoms with van der Waals surface area (Å²) < 4.78 is 0. The molecule has 2 saturated heterocycles. The third-order valence-corrected chi connectivity index (χ3v) is 3.01. The largest absolute Gasteiger partial charge is 0.296 e. The molecular weight excluding hydrogens is 134 g/mol. The molecule has 0 radical (unpaired) electrons. The molecule has 11 heavy (non-hydrogen) atoms. The number of hydrogen-bond acceptors (Lipinski definition) is 1. The van der Waals surface area contributed by atoms with Crippen molar-refractivity contribution >= 4 is 0 Å². The molecule has 2 rings (SSSR count). The number of hydrogen-bond donors (Lipinski definition) is 0. The maximum Gasteiger partial charge on any atom is 0.0193 e. The predicted octanol–water partition coefficient (Wildman–Crippen LogP) is 2.19. The molecule has 2 heterocycles. The van der Waals surface area contributed by atoms with Crippen LogP contribution in [0.1, 0.15) is 32.1 Å². The highest BCUT2D eigenvalue weighted by Crippen LogP contribution is 2.27. The van der Waals surface area contributed by atoms with Crippen LogP contribution in [0.3, 0.4) is 0 Å². The fraction of sp³-hybridized carbons (Fsp3) is 0.800. The van der Waals surface area contributed by atoms with Crippen molar-refractivity contribution in [2.24, 2.45) is 0 Å². The van der Waals surface area contributed by atoms with Gasteiger partial charge in [-0.15, -0.1) is 0 Å². The van der Waals surface area contributed by atoms with Crippen LogP contribution in [-0.4, -0.2) is 24.0 Å². The van der Waals surface area contributed by atoms with E-state index in [0.717, 1.165) is 6.04 Å². The van der Waals surface area contributed by atoms with Crippen molar-refractivity contribution in [2.75, 3.05) is 13.1 Å².